The van der Waals surface area contributed by atoms with Gasteiger partial charge in [-0.3, -0.25) is 14.4 Å². The maximum Gasteiger partial charge on any atom is 0.243 e. The van der Waals surface area contributed by atoms with Crippen molar-refractivity contribution in [2.24, 2.45) is 0 Å². The Kier molecular flexibility index (Phi) is 8.27. The number of amides is 3. The van der Waals surface area contributed by atoms with E-state index < -0.39 is 5.91 Å². The van der Waals surface area contributed by atoms with E-state index in [0.717, 1.165) is 18.4 Å². The second-order valence-electron chi connectivity index (χ2n) is 6.63. The highest BCUT2D eigenvalue weighted by Crippen LogP contribution is 2.10. The van der Waals surface area contributed by atoms with Crippen molar-refractivity contribution in [2.45, 2.75) is 39.7 Å². The molecule has 0 saturated heterocycles. The highest BCUT2D eigenvalue weighted by molar-refractivity contribution is 5.95. The van der Waals surface area contributed by atoms with Crippen molar-refractivity contribution in [1.29, 1.82) is 0 Å². The van der Waals surface area contributed by atoms with Gasteiger partial charge in [0.2, 0.25) is 17.7 Å². The molecule has 7 nitrogen and oxygen atoms in total. The van der Waals surface area contributed by atoms with E-state index in [2.05, 4.69) is 10.6 Å². The molecule has 0 unspecified atom stereocenters. The minimum absolute atomic E-state index is 0.113. The van der Waals surface area contributed by atoms with Crippen LogP contribution in [0.15, 0.2) is 47.1 Å². The summed E-state index contributed by atoms with van der Waals surface area (Å²) >= 11 is 0. The zero-order chi connectivity index (χ0) is 20.4. The topological polar surface area (TPSA) is 91.7 Å². The van der Waals surface area contributed by atoms with Crippen LogP contribution in [0.3, 0.4) is 0 Å². The van der Waals surface area contributed by atoms with Gasteiger partial charge in [-0.1, -0.05) is 25.5 Å². The number of hydrogen-bond acceptors (Lipinski definition) is 4. The number of unbranched alkanes of at least 4 members (excludes halogenated alkanes) is 1. The highest BCUT2D eigenvalue weighted by Gasteiger charge is 2.18. The molecule has 7 heteroatoms. The number of nitrogens with one attached hydrogen (secondary N) is 2. The van der Waals surface area contributed by atoms with Gasteiger partial charge in [0.1, 0.15) is 12.3 Å². The van der Waals surface area contributed by atoms with Gasteiger partial charge in [0, 0.05) is 12.1 Å². The number of furan rings is 1. The van der Waals surface area contributed by atoms with Crippen LogP contribution in [0.5, 0.6) is 0 Å². The van der Waals surface area contributed by atoms with Crippen LogP contribution in [0.1, 0.15) is 37.5 Å². The third-order valence-corrected chi connectivity index (χ3v) is 4.11. The lowest BCUT2D eigenvalue weighted by molar-refractivity contribution is -0.137. The summed E-state index contributed by atoms with van der Waals surface area (Å²) in [6, 6.07) is 10.9. The first-order valence-electron chi connectivity index (χ1n) is 9.41. The van der Waals surface area contributed by atoms with Gasteiger partial charge in [-0.25, -0.2) is 0 Å². The summed E-state index contributed by atoms with van der Waals surface area (Å²) in [4.78, 5) is 38.1. The van der Waals surface area contributed by atoms with Crippen molar-refractivity contribution in [3.8, 4) is 0 Å². The summed E-state index contributed by atoms with van der Waals surface area (Å²) in [6.07, 6.45) is 3.55. The van der Waals surface area contributed by atoms with E-state index in [-0.39, 0.29) is 31.4 Å². The summed E-state index contributed by atoms with van der Waals surface area (Å²) in [6.45, 7) is 3.87. The summed E-state index contributed by atoms with van der Waals surface area (Å²) in [5.74, 6) is -0.225. The smallest absolute Gasteiger partial charge is 0.243 e. The van der Waals surface area contributed by atoms with Crippen molar-refractivity contribution in [1.82, 2.24) is 10.2 Å². The molecular formula is C21H27N3O4. The second-order valence-corrected chi connectivity index (χ2v) is 6.63. The predicted molar refractivity (Wildman–Crippen MR) is 106 cm³/mol. The maximum atomic E-state index is 12.4. The Morgan fingerprint density at radius 1 is 1.11 bits per heavy atom. The van der Waals surface area contributed by atoms with Crippen molar-refractivity contribution >= 4 is 23.4 Å². The first kappa shape index (κ1) is 21.2. The van der Waals surface area contributed by atoms with Crippen LogP contribution in [-0.2, 0) is 20.9 Å². The fraction of sp³-hybridized carbons (Fsp3) is 0.381. The van der Waals surface area contributed by atoms with Gasteiger partial charge in [-0.2, -0.15) is 0 Å². The number of hydrogen-bond donors (Lipinski definition) is 2. The molecule has 0 atom stereocenters. The molecule has 0 saturated carbocycles. The summed E-state index contributed by atoms with van der Waals surface area (Å²) < 4.78 is 5.28. The Morgan fingerprint density at radius 2 is 1.93 bits per heavy atom. The molecular weight excluding hydrogens is 358 g/mol. The van der Waals surface area contributed by atoms with E-state index in [4.69, 9.17) is 4.42 Å². The molecule has 3 amide bonds. The van der Waals surface area contributed by atoms with Crippen LogP contribution in [0, 0.1) is 6.92 Å². The van der Waals surface area contributed by atoms with Gasteiger partial charge in [-0.15, -0.1) is 0 Å². The fourth-order valence-electron chi connectivity index (χ4n) is 2.65. The number of aryl methyl sites for hydroxylation is 1. The Labute approximate surface area is 165 Å². The Hall–Kier alpha value is -3.09. The molecule has 0 aliphatic rings. The molecule has 0 radical (unpaired) electrons. The normalized spacial score (nSPS) is 10.4. The minimum Gasteiger partial charge on any atom is -0.467 e. The number of carbonyl (C=O) groups is 3. The Bertz CT molecular complexity index is 787. The summed E-state index contributed by atoms with van der Waals surface area (Å²) in [5, 5.41) is 5.29. The van der Waals surface area contributed by atoms with E-state index in [1.54, 1.807) is 18.2 Å². The molecule has 0 spiro atoms. The average Bonchev–Trinajstić information content (AvgIpc) is 3.17. The van der Waals surface area contributed by atoms with E-state index in [1.807, 2.05) is 32.0 Å². The van der Waals surface area contributed by atoms with E-state index in [1.165, 1.54) is 11.2 Å². The van der Waals surface area contributed by atoms with Gasteiger partial charge in [0.15, 0.2) is 0 Å². The molecule has 2 aromatic rings. The average molecular weight is 385 g/mol. The molecule has 0 aliphatic carbocycles. The number of anilines is 1. The van der Waals surface area contributed by atoms with E-state index in [9.17, 15) is 14.4 Å². The molecule has 2 rings (SSSR count). The van der Waals surface area contributed by atoms with Gasteiger partial charge in [0.25, 0.3) is 0 Å². The minimum atomic E-state index is -0.393. The van der Waals surface area contributed by atoms with Crippen LogP contribution >= 0.6 is 0 Å². The molecule has 1 aromatic heterocycles. The quantitative estimate of drug-likeness (QED) is 0.658. The number of carbonyl (C=O) groups excluding carboxylic acids is 3. The molecule has 0 bridgehead atoms. The summed E-state index contributed by atoms with van der Waals surface area (Å²) in [7, 11) is 0. The monoisotopic (exact) mass is 385 g/mol. The number of nitrogens with zero attached hydrogens (tertiary/aromatic N) is 1. The third kappa shape index (κ3) is 7.26. The van der Waals surface area contributed by atoms with Crippen molar-refractivity contribution in [3.63, 3.8) is 0 Å². The lowest BCUT2D eigenvalue weighted by Crippen LogP contribution is -2.42. The maximum absolute atomic E-state index is 12.4. The second kappa shape index (κ2) is 10.9. The van der Waals surface area contributed by atoms with Crippen LogP contribution < -0.4 is 10.6 Å². The van der Waals surface area contributed by atoms with Crippen LogP contribution in [0.25, 0.3) is 0 Å². The lowest BCUT2D eigenvalue weighted by Gasteiger charge is -2.21. The highest BCUT2D eigenvalue weighted by atomic mass is 16.3. The van der Waals surface area contributed by atoms with Crippen molar-refractivity contribution < 1.29 is 18.8 Å². The number of benzene rings is 1. The van der Waals surface area contributed by atoms with Gasteiger partial charge in [-0.05, 0) is 43.2 Å². The van der Waals surface area contributed by atoms with Gasteiger partial charge >= 0.3 is 0 Å². The van der Waals surface area contributed by atoms with E-state index >= 15 is 0 Å². The lowest BCUT2D eigenvalue weighted by atomic mass is 10.2. The standard InChI is InChI=1S/C21H27N3O4/c1-3-4-10-21(27)24(14-18-9-6-11-28-18)15-20(26)22-13-19(25)23-17-8-5-7-16(2)12-17/h5-9,11-12H,3-4,10,13-15H2,1-2H3,(H,22,26)(H,23,25). The molecule has 0 fully saturated rings. The number of rotatable bonds is 10. The zero-order valence-electron chi connectivity index (χ0n) is 16.4. The first-order chi connectivity index (χ1) is 13.5. The van der Waals surface area contributed by atoms with Crippen molar-refractivity contribution in [3.05, 3.63) is 54.0 Å². The third-order valence-electron chi connectivity index (χ3n) is 4.11. The Balaban J connectivity index is 1.85. The van der Waals surface area contributed by atoms with E-state index in [0.29, 0.717) is 17.9 Å². The molecule has 1 heterocycles. The molecule has 2 N–H and O–H groups in total. The summed E-state index contributed by atoms with van der Waals surface area (Å²) in [5.41, 5.74) is 1.70. The zero-order valence-corrected chi connectivity index (χ0v) is 16.4. The van der Waals surface area contributed by atoms with Crippen LogP contribution in [0.4, 0.5) is 5.69 Å². The van der Waals surface area contributed by atoms with Crippen LogP contribution in [0.2, 0.25) is 0 Å². The largest absolute Gasteiger partial charge is 0.467 e. The molecule has 0 aliphatic heterocycles. The molecule has 28 heavy (non-hydrogen) atoms. The first-order valence-corrected chi connectivity index (χ1v) is 9.41. The molecule has 1 aromatic carbocycles. The van der Waals surface area contributed by atoms with Crippen LogP contribution in [-0.4, -0.2) is 35.7 Å². The fourth-order valence-corrected chi connectivity index (χ4v) is 2.65. The predicted octanol–water partition coefficient (Wildman–Crippen LogP) is 2.86. The van der Waals surface area contributed by atoms with Gasteiger partial charge < -0.3 is 20.0 Å². The SMILES string of the molecule is CCCCC(=O)N(CC(=O)NCC(=O)Nc1cccc(C)c1)Cc1ccco1. The van der Waals surface area contributed by atoms with Gasteiger partial charge in [0.05, 0.1) is 19.4 Å². The Morgan fingerprint density at radius 3 is 2.61 bits per heavy atom. The van der Waals surface area contributed by atoms with Crippen molar-refractivity contribution in [2.75, 3.05) is 18.4 Å². The molecule has 150 valence electrons.